The molecule has 0 heterocycles. The van der Waals surface area contributed by atoms with Gasteiger partial charge in [-0.2, -0.15) is 5.26 Å². The fourth-order valence-electron chi connectivity index (χ4n) is 1.01. The molecular weight excluding hydrogens is 296 g/mol. The summed E-state index contributed by atoms with van der Waals surface area (Å²) in [6, 6.07) is 7.59. The zero-order valence-corrected chi connectivity index (χ0v) is 9.97. The minimum atomic E-state index is -0.225. The van der Waals surface area contributed by atoms with E-state index in [0.29, 0.717) is 6.42 Å². The first-order valence-electron chi connectivity index (χ1n) is 3.72. The maximum atomic E-state index is 8.50. The number of hydrogen-bond donors (Lipinski definition) is 1. The Bertz CT molecular complexity index is 344. The SMILES string of the molecule is N#CC[C@H](N)c1cc(Br)ccc1Br. The Hall–Kier alpha value is -0.370. The minimum absolute atomic E-state index is 0.225. The maximum Gasteiger partial charge on any atom is 0.0641 e. The van der Waals surface area contributed by atoms with Crippen molar-refractivity contribution in [3.8, 4) is 6.07 Å². The summed E-state index contributed by atoms with van der Waals surface area (Å²) in [5.41, 5.74) is 6.76. The fraction of sp³-hybridized carbons (Fsp3) is 0.222. The Labute approximate surface area is 94.0 Å². The molecule has 2 N–H and O–H groups in total. The van der Waals surface area contributed by atoms with Gasteiger partial charge in [0.2, 0.25) is 0 Å². The molecule has 0 unspecified atom stereocenters. The van der Waals surface area contributed by atoms with E-state index in [1.54, 1.807) is 0 Å². The third-order valence-electron chi connectivity index (χ3n) is 1.67. The number of nitrogens with zero attached hydrogens (tertiary/aromatic N) is 1. The number of halogens is 2. The molecule has 2 nitrogen and oxygen atoms in total. The monoisotopic (exact) mass is 302 g/mol. The molecule has 0 fully saturated rings. The highest BCUT2D eigenvalue weighted by atomic mass is 79.9. The van der Waals surface area contributed by atoms with Crippen molar-refractivity contribution >= 4 is 31.9 Å². The van der Waals surface area contributed by atoms with Crippen LogP contribution in [-0.4, -0.2) is 0 Å². The van der Waals surface area contributed by atoms with Gasteiger partial charge in [0.05, 0.1) is 12.5 Å². The zero-order valence-electron chi connectivity index (χ0n) is 6.80. The van der Waals surface area contributed by atoms with Gasteiger partial charge in [0.25, 0.3) is 0 Å². The molecule has 0 aromatic heterocycles. The zero-order chi connectivity index (χ0) is 9.84. The lowest BCUT2D eigenvalue weighted by atomic mass is 10.1. The largest absolute Gasteiger partial charge is 0.323 e. The number of benzene rings is 1. The van der Waals surface area contributed by atoms with Crippen LogP contribution >= 0.6 is 31.9 Å². The third kappa shape index (κ3) is 2.80. The average Bonchev–Trinajstić information content (AvgIpc) is 2.09. The molecule has 0 aliphatic heterocycles. The van der Waals surface area contributed by atoms with Crippen LogP contribution in [0, 0.1) is 11.3 Å². The van der Waals surface area contributed by atoms with Crippen LogP contribution in [0.4, 0.5) is 0 Å². The molecule has 13 heavy (non-hydrogen) atoms. The van der Waals surface area contributed by atoms with Crippen molar-refractivity contribution in [1.82, 2.24) is 0 Å². The molecular formula is C9H8Br2N2. The van der Waals surface area contributed by atoms with E-state index in [4.69, 9.17) is 11.0 Å². The van der Waals surface area contributed by atoms with Gasteiger partial charge in [-0.05, 0) is 23.8 Å². The lowest BCUT2D eigenvalue weighted by Crippen LogP contribution is -2.09. The van der Waals surface area contributed by atoms with Crippen molar-refractivity contribution in [2.45, 2.75) is 12.5 Å². The lowest BCUT2D eigenvalue weighted by Gasteiger charge is -2.10. The molecule has 0 bridgehead atoms. The highest BCUT2D eigenvalue weighted by molar-refractivity contribution is 9.11. The molecule has 0 aliphatic carbocycles. The van der Waals surface area contributed by atoms with Gasteiger partial charge in [-0.1, -0.05) is 31.9 Å². The Balaban J connectivity index is 3.00. The molecule has 0 spiro atoms. The van der Waals surface area contributed by atoms with Crippen molar-refractivity contribution in [1.29, 1.82) is 5.26 Å². The van der Waals surface area contributed by atoms with E-state index in [1.807, 2.05) is 18.2 Å². The van der Waals surface area contributed by atoms with Gasteiger partial charge in [-0.3, -0.25) is 0 Å². The van der Waals surface area contributed by atoms with Gasteiger partial charge in [0.15, 0.2) is 0 Å². The standard InChI is InChI=1S/C9H8Br2N2/c10-6-1-2-8(11)7(5-6)9(13)3-4-12/h1-2,5,9H,3,13H2/t9-/m0/s1. The van der Waals surface area contributed by atoms with Crippen molar-refractivity contribution < 1.29 is 0 Å². The van der Waals surface area contributed by atoms with Crippen LogP contribution in [0.3, 0.4) is 0 Å². The van der Waals surface area contributed by atoms with Crippen LogP contribution in [0.2, 0.25) is 0 Å². The maximum absolute atomic E-state index is 8.50. The number of nitrogens with two attached hydrogens (primary N) is 1. The van der Waals surface area contributed by atoms with E-state index in [1.165, 1.54) is 0 Å². The predicted octanol–water partition coefficient (Wildman–Crippen LogP) is 3.13. The van der Waals surface area contributed by atoms with Crippen LogP contribution in [0.25, 0.3) is 0 Å². The smallest absolute Gasteiger partial charge is 0.0641 e. The van der Waals surface area contributed by atoms with Crippen LogP contribution in [-0.2, 0) is 0 Å². The highest BCUT2D eigenvalue weighted by Gasteiger charge is 2.09. The van der Waals surface area contributed by atoms with Gasteiger partial charge in [0.1, 0.15) is 0 Å². The molecule has 1 aromatic rings. The number of hydrogen-bond acceptors (Lipinski definition) is 2. The Morgan fingerprint density at radius 1 is 1.46 bits per heavy atom. The summed E-state index contributed by atoms with van der Waals surface area (Å²) < 4.78 is 1.91. The molecule has 4 heteroatoms. The highest BCUT2D eigenvalue weighted by Crippen LogP contribution is 2.26. The number of rotatable bonds is 2. The van der Waals surface area contributed by atoms with Crippen LogP contribution in [0.1, 0.15) is 18.0 Å². The van der Waals surface area contributed by atoms with Gasteiger partial charge in [-0.15, -0.1) is 0 Å². The Kier molecular flexibility index (Phi) is 3.91. The second-order valence-corrected chi connectivity index (χ2v) is 4.40. The molecule has 0 saturated heterocycles. The summed E-state index contributed by atoms with van der Waals surface area (Å²) in [4.78, 5) is 0. The molecule has 0 radical (unpaired) electrons. The minimum Gasteiger partial charge on any atom is -0.323 e. The predicted molar refractivity (Wildman–Crippen MR) is 59.0 cm³/mol. The Morgan fingerprint density at radius 2 is 2.15 bits per heavy atom. The first-order valence-corrected chi connectivity index (χ1v) is 5.31. The third-order valence-corrected chi connectivity index (χ3v) is 2.88. The second-order valence-electron chi connectivity index (χ2n) is 2.63. The second kappa shape index (κ2) is 4.75. The quantitative estimate of drug-likeness (QED) is 0.912. The summed E-state index contributed by atoms with van der Waals surface area (Å²) in [5, 5.41) is 8.50. The van der Waals surface area contributed by atoms with Gasteiger partial charge < -0.3 is 5.73 Å². The first-order chi connectivity index (χ1) is 6.15. The van der Waals surface area contributed by atoms with Crippen molar-refractivity contribution in [3.63, 3.8) is 0 Å². The van der Waals surface area contributed by atoms with Gasteiger partial charge >= 0.3 is 0 Å². The number of nitriles is 1. The van der Waals surface area contributed by atoms with Crippen molar-refractivity contribution in [3.05, 3.63) is 32.7 Å². The molecule has 1 atom stereocenters. The van der Waals surface area contributed by atoms with E-state index in [9.17, 15) is 0 Å². The van der Waals surface area contributed by atoms with Gasteiger partial charge in [-0.25, -0.2) is 0 Å². The normalized spacial score (nSPS) is 12.2. The van der Waals surface area contributed by atoms with Crippen molar-refractivity contribution in [2.75, 3.05) is 0 Å². The van der Waals surface area contributed by atoms with Crippen molar-refractivity contribution in [2.24, 2.45) is 5.73 Å². The van der Waals surface area contributed by atoms with E-state index >= 15 is 0 Å². The van der Waals surface area contributed by atoms with E-state index in [0.717, 1.165) is 14.5 Å². The first kappa shape index (κ1) is 10.7. The molecule has 0 aliphatic rings. The summed E-state index contributed by atoms with van der Waals surface area (Å²) >= 11 is 6.75. The van der Waals surface area contributed by atoms with E-state index < -0.39 is 0 Å². The molecule has 0 amide bonds. The average molecular weight is 304 g/mol. The Morgan fingerprint density at radius 3 is 2.77 bits per heavy atom. The van der Waals surface area contributed by atoms with E-state index in [2.05, 4.69) is 37.9 Å². The van der Waals surface area contributed by atoms with Gasteiger partial charge in [0, 0.05) is 15.0 Å². The fourth-order valence-corrected chi connectivity index (χ4v) is 1.93. The van der Waals surface area contributed by atoms with Crippen LogP contribution < -0.4 is 5.73 Å². The lowest BCUT2D eigenvalue weighted by molar-refractivity contribution is 0.744. The van der Waals surface area contributed by atoms with E-state index in [-0.39, 0.29) is 6.04 Å². The molecule has 68 valence electrons. The topological polar surface area (TPSA) is 49.8 Å². The molecule has 1 aromatic carbocycles. The summed E-state index contributed by atoms with van der Waals surface area (Å²) in [6.07, 6.45) is 0.328. The summed E-state index contributed by atoms with van der Waals surface area (Å²) in [6.45, 7) is 0. The van der Waals surface area contributed by atoms with Crippen LogP contribution in [0.5, 0.6) is 0 Å². The molecule has 1 rings (SSSR count). The molecule has 0 saturated carbocycles. The summed E-state index contributed by atoms with van der Waals surface area (Å²) in [5.74, 6) is 0. The van der Waals surface area contributed by atoms with Crippen LogP contribution in [0.15, 0.2) is 27.1 Å². The summed E-state index contributed by atoms with van der Waals surface area (Å²) in [7, 11) is 0.